The number of fused-ring (bicyclic) bond motifs is 1. The number of rotatable bonds is 2. The van der Waals surface area contributed by atoms with Crippen molar-refractivity contribution in [2.45, 2.75) is 25.8 Å². The van der Waals surface area contributed by atoms with Crippen molar-refractivity contribution in [3.05, 3.63) is 58.1 Å². The molecule has 0 unspecified atom stereocenters. The molecule has 0 aromatic heterocycles. The van der Waals surface area contributed by atoms with Gasteiger partial charge in [0.1, 0.15) is 0 Å². The molecular weight excluding hydrogens is 347 g/mol. The van der Waals surface area contributed by atoms with Crippen molar-refractivity contribution in [2.24, 2.45) is 0 Å². The second kappa shape index (κ2) is 6.83. The lowest BCUT2D eigenvalue weighted by Crippen LogP contribution is -2.40. The van der Waals surface area contributed by atoms with Gasteiger partial charge in [-0.2, -0.15) is 0 Å². The number of benzene rings is 2. The third kappa shape index (κ3) is 3.25. The number of carbonyl (C=O) groups is 2. The van der Waals surface area contributed by atoms with E-state index in [2.05, 4.69) is 5.32 Å². The van der Waals surface area contributed by atoms with Crippen molar-refractivity contribution in [1.29, 1.82) is 0 Å². The molecule has 0 spiro atoms. The summed E-state index contributed by atoms with van der Waals surface area (Å²) in [6.45, 7) is 1.85. The Hall–Kier alpha value is -2.04. The number of nitrogens with one attached hydrogen (secondary N) is 1. The van der Waals surface area contributed by atoms with Gasteiger partial charge in [-0.25, -0.2) is 0 Å². The molecule has 0 saturated heterocycles. The second-order valence-corrected chi connectivity index (χ2v) is 6.57. The molecule has 1 heterocycles. The first-order chi connectivity index (χ1) is 11.5. The zero-order valence-corrected chi connectivity index (χ0v) is 14.6. The van der Waals surface area contributed by atoms with Gasteiger partial charge in [-0.3, -0.25) is 9.59 Å². The van der Waals surface area contributed by atoms with Crippen molar-refractivity contribution >= 4 is 46.4 Å². The molecule has 0 saturated carbocycles. The molecule has 0 radical (unpaired) electrons. The Morgan fingerprint density at radius 2 is 1.83 bits per heavy atom. The second-order valence-electron chi connectivity index (χ2n) is 5.76. The summed E-state index contributed by atoms with van der Waals surface area (Å²) in [4.78, 5) is 26.6. The number of nitrogens with zero attached hydrogens (tertiary/aromatic N) is 1. The van der Waals surface area contributed by atoms with Gasteiger partial charge in [0.15, 0.2) is 0 Å². The maximum atomic E-state index is 13.0. The van der Waals surface area contributed by atoms with E-state index in [0.29, 0.717) is 27.0 Å². The maximum Gasteiger partial charge on any atom is 0.231 e. The Labute approximate surface area is 150 Å². The van der Waals surface area contributed by atoms with E-state index in [1.165, 1.54) is 0 Å². The van der Waals surface area contributed by atoms with Gasteiger partial charge in [-0.15, -0.1) is 0 Å². The van der Waals surface area contributed by atoms with E-state index in [1.54, 1.807) is 29.2 Å². The van der Waals surface area contributed by atoms with E-state index in [4.69, 9.17) is 23.2 Å². The predicted octanol–water partition coefficient (Wildman–Crippen LogP) is 4.30. The Bertz CT molecular complexity index is 787. The number of hydrogen-bond acceptors (Lipinski definition) is 2. The summed E-state index contributed by atoms with van der Waals surface area (Å²) in [5.74, 6) is -0.262. The van der Waals surface area contributed by atoms with Crippen LogP contribution in [0.4, 0.5) is 11.4 Å². The van der Waals surface area contributed by atoms with Crippen LogP contribution in [0.3, 0.4) is 0 Å². The van der Waals surface area contributed by atoms with Crippen molar-refractivity contribution in [3.8, 4) is 0 Å². The highest BCUT2D eigenvalue weighted by Gasteiger charge is 2.30. The van der Waals surface area contributed by atoms with Crippen LogP contribution in [0.5, 0.6) is 0 Å². The van der Waals surface area contributed by atoms with E-state index >= 15 is 0 Å². The first kappa shape index (κ1) is 16.8. The Morgan fingerprint density at radius 1 is 1.17 bits per heavy atom. The van der Waals surface area contributed by atoms with Crippen LogP contribution in [0.2, 0.25) is 10.0 Å². The minimum atomic E-state index is -0.262. The first-order valence-electron chi connectivity index (χ1n) is 7.61. The largest absolute Gasteiger partial charge is 0.324 e. The van der Waals surface area contributed by atoms with Crippen LogP contribution >= 0.6 is 23.2 Å². The molecule has 2 amide bonds. The summed E-state index contributed by atoms with van der Waals surface area (Å²) in [7, 11) is 0. The van der Waals surface area contributed by atoms with Gasteiger partial charge in [-0.1, -0.05) is 41.4 Å². The Balaban J connectivity index is 1.98. The molecule has 1 atom stereocenters. The number of hydrogen-bond donors (Lipinski definition) is 1. The van der Waals surface area contributed by atoms with Crippen LogP contribution in [0.15, 0.2) is 42.5 Å². The van der Waals surface area contributed by atoms with Crippen LogP contribution in [-0.2, 0) is 16.0 Å². The van der Waals surface area contributed by atoms with Gasteiger partial charge in [0, 0.05) is 22.5 Å². The Morgan fingerprint density at radius 3 is 2.54 bits per heavy atom. The summed E-state index contributed by atoms with van der Waals surface area (Å²) in [6, 6.07) is 12.2. The highest BCUT2D eigenvalue weighted by atomic mass is 35.5. The highest BCUT2D eigenvalue weighted by Crippen LogP contribution is 2.33. The molecule has 2 aromatic carbocycles. The molecule has 0 aliphatic carbocycles. The van der Waals surface area contributed by atoms with E-state index in [9.17, 15) is 9.59 Å². The quantitative estimate of drug-likeness (QED) is 0.865. The lowest BCUT2D eigenvalue weighted by Gasteiger charge is -2.28. The minimum absolute atomic E-state index is 0.0748. The molecule has 1 aliphatic rings. The van der Waals surface area contributed by atoms with Crippen molar-refractivity contribution in [3.63, 3.8) is 0 Å². The van der Waals surface area contributed by atoms with Crippen LogP contribution in [0, 0.1) is 0 Å². The van der Waals surface area contributed by atoms with Gasteiger partial charge < -0.3 is 10.2 Å². The monoisotopic (exact) mass is 362 g/mol. The molecule has 1 aliphatic heterocycles. The van der Waals surface area contributed by atoms with Gasteiger partial charge in [0.25, 0.3) is 0 Å². The van der Waals surface area contributed by atoms with Crippen molar-refractivity contribution in [2.75, 3.05) is 10.2 Å². The van der Waals surface area contributed by atoms with E-state index in [0.717, 1.165) is 0 Å². The summed E-state index contributed by atoms with van der Waals surface area (Å²) in [6.07, 6.45) is 0.308. The molecule has 0 bridgehead atoms. The van der Waals surface area contributed by atoms with E-state index in [1.807, 2.05) is 25.1 Å². The van der Waals surface area contributed by atoms with Gasteiger partial charge >= 0.3 is 0 Å². The molecule has 124 valence electrons. The zero-order valence-electron chi connectivity index (χ0n) is 13.1. The van der Waals surface area contributed by atoms with Crippen molar-refractivity contribution < 1.29 is 9.59 Å². The fraction of sp³-hybridized carbons (Fsp3) is 0.222. The van der Waals surface area contributed by atoms with Crippen LogP contribution in [-0.4, -0.2) is 17.9 Å². The summed E-state index contributed by atoms with van der Waals surface area (Å²) < 4.78 is 0. The molecule has 1 N–H and O–H groups in total. The molecule has 24 heavy (non-hydrogen) atoms. The number of halogens is 2. The first-order valence-corrected chi connectivity index (χ1v) is 8.37. The lowest BCUT2D eigenvalue weighted by atomic mass is 10.1. The van der Waals surface area contributed by atoms with Crippen LogP contribution in [0.25, 0.3) is 0 Å². The van der Waals surface area contributed by atoms with Crippen molar-refractivity contribution in [1.82, 2.24) is 0 Å². The fourth-order valence-electron chi connectivity index (χ4n) is 2.91. The van der Waals surface area contributed by atoms with Crippen LogP contribution < -0.4 is 10.2 Å². The predicted molar refractivity (Wildman–Crippen MR) is 96.8 cm³/mol. The Kier molecular flexibility index (Phi) is 4.78. The molecular formula is C18H16Cl2N2O2. The SMILES string of the molecule is C[C@H]1CC(=O)Nc2ccccc2N1C(=O)Cc1c(Cl)cccc1Cl. The third-order valence-corrected chi connectivity index (χ3v) is 4.73. The minimum Gasteiger partial charge on any atom is -0.324 e. The van der Waals surface area contributed by atoms with Gasteiger partial charge in [-0.05, 0) is 36.8 Å². The van der Waals surface area contributed by atoms with Crippen LogP contribution in [0.1, 0.15) is 18.9 Å². The molecule has 6 heteroatoms. The van der Waals surface area contributed by atoms with Gasteiger partial charge in [0.05, 0.1) is 17.8 Å². The summed E-state index contributed by atoms with van der Waals surface area (Å²) >= 11 is 12.4. The third-order valence-electron chi connectivity index (χ3n) is 4.02. The number of amides is 2. The molecule has 0 fully saturated rings. The molecule has 4 nitrogen and oxygen atoms in total. The normalized spacial score (nSPS) is 17.0. The zero-order chi connectivity index (χ0) is 17.3. The number of anilines is 2. The van der Waals surface area contributed by atoms with E-state index < -0.39 is 0 Å². The van der Waals surface area contributed by atoms with Gasteiger partial charge in [0.2, 0.25) is 11.8 Å². The topological polar surface area (TPSA) is 49.4 Å². The summed E-state index contributed by atoms with van der Waals surface area (Å²) in [5.41, 5.74) is 1.91. The molecule has 3 rings (SSSR count). The highest BCUT2D eigenvalue weighted by molar-refractivity contribution is 6.36. The number of para-hydroxylation sites is 2. The summed E-state index contributed by atoms with van der Waals surface area (Å²) in [5, 5.41) is 3.76. The number of carbonyl (C=O) groups excluding carboxylic acids is 2. The van der Waals surface area contributed by atoms with E-state index in [-0.39, 0.29) is 30.7 Å². The average molecular weight is 363 g/mol. The fourth-order valence-corrected chi connectivity index (χ4v) is 3.44. The maximum absolute atomic E-state index is 13.0. The smallest absolute Gasteiger partial charge is 0.231 e. The lowest BCUT2D eigenvalue weighted by molar-refractivity contribution is -0.118. The average Bonchev–Trinajstić information content (AvgIpc) is 2.65. The standard InChI is InChI=1S/C18H16Cl2N2O2/c1-11-9-17(23)21-15-7-2-3-8-16(15)22(11)18(24)10-12-13(19)5-4-6-14(12)20/h2-8,11H,9-10H2,1H3,(H,21,23)/t11-/m0/s1. The molecule has 2 aromatic rings.